The number of benzene rings is 2. The predicted octanol–water partition coefficient (Wildman–Crippen LogP) is 5.09. The van der Waals surface area contributed by atoms with E-state index in [1.165, 1.54) is 10.6 Å². The van der Waals surface area contributed by atoms with Crippen LogP contribution in [-0.4, -0.2) is 18.9 Å². The number of sulfonamides is 1. The van der Waals surface area contributed by atoms with Gasteiger partial charge in [-0.15, -0.1) is 0 Å². The predicted molar refractivity (Wildman–Crippen MR) is 109 cm³/mol. The van der Waals surface area contributed by atoms with Crippen molar-refractivity contribution in [1.82, 2.24) is 4.57 Å². The van der Waals surface area contributed by atoms with Crippen LogP contribution in [0.25, 0.3) is 10.9 Å². The van der Waals surface area contributed by atoms with Gasteiger partial charge in [-0.1, -0.05) is 50.1 Å². The van der Waals surface area contributed by atoms with Gasteiger partial charge in [0.2, 0.25) is 5.91 Å². The highest BCUT2D eigenvalue weighted by atomic mass is 35.5. The van der Waals surface area contributed by atoms with E-state index in [9.17, 15) is 13.2 Å². The van der Waals surface area contributed by atoms with Gasteiger partial charge in [-0.25, -0.2) is 8.42 Å². The van der Waals surface area contributed by atoms with Crippen molar-refractivity contribution in [3.05, 3.63) is 59.2 Å². The van der Waals surface area contributed by atoms with Gasteiger partial charge in [-0.05, 0) is 37.3 Å². The lowest BCUT2D eigenvalue weighted by Gasteiger charge is -2.19. The Bertz CT molecular complexity index is 1120. The lowest BCUT2D eigenvalue weighted by molar-refractivity contribution is 0.0773. The fraction of sp³-hybridized carbons (Fsp3) is 0.250. The molecule has 1 aromatic heterocycles. The van der Waals surface area contributed by atoms with Crippen molar-refractivity contribution in [2.24, 2.45) is 5.41 Å². The van der Waals surface area contributed by atoms with Gasteiger partial charge < -0.3 is 0 Å². The molecule has 0 amide bonds. The molecule has 0 radical (unpaired) electrons. The summed E-state index contributed by atoms with van der Waals surface area (Å²) in [6.07, 6.45) is 1.64. The lowest BCUT2D eigenvalue weighted by Crippen LogP contribution is -2.26. The van der Waals surface area contributed by atoms with Crippen LogP contribution in [0.4, 0.5) is 5.69 Å². The highest BCUT2D eigenvalue weighted by molar-refractivity contribution is 7.92. The van der Waals surface area contributed by atoms with Crippen molar-refractivity contribution in [3.8, 4) is 0 Å². The average molecular weight is 405 g/mol. The van der Waals surface area contributed by atoms with E-state index >= 15 is 0 Å². The van der Waals surface area contributed by atoms with Gasteiger partial charge in [0.15, 0.2) is 0 Å². The fourth-order valence-electron chi connectivity index (χ4n) is 2.78. The van der Waals surface area contributed by atoms with E-state index < -0.39 is 15.4 Å². The maximum absolute atomic E-state index is 12.8. The van der Waals surface area contributed by atoms with Gasteiger partial charge in [0.05, 0.1) is 16.1 Å². The van der Waals surface area contributed by atoms with Gasteiger partial charge in [-0.2, -0.15) is 0 Å². The van der Waals surface area contributed by atoms with Crippen molar-refractivity contribution in [1.29, 1.82) is 0 Å². The first-order valence-electron chi connectivity index (χ1n) is 8.44. The molecular formula is C20H21ClN2O3S. The van der Waals surface area contributed by atoms with E-state index in [-0.39, 0.29) is 16.5 Å². The molecule has 1 heterocycles. The smallest absolute Gasteiger partial charge is 0.261 e. The molecule has 0 atom stereocenters. The standard InChI is InChI=1S/C20H21ClN2O3S/c1-13-5-7-16(8-6-13)27(25,26)22-17-12-15(21)11-14-9-10-23(18(14)17)19(24)20(2,3)4/h5-12,22H,1-4H3. The van der Waals surface area contributed by atoms with Crippen LogP contribution in [-0.2, 0) is 10.0 Å². The molecule has 0 spiro atoms. The Morgan fingerprint density at radius 2 is 1.70 bits per heavy atom. The summed E-state index contributed by atoms with van der Waals surface area (Å²) in [6, 6.07) is 11.5. The third-order valence-corrected chi connectivity index (χ3v) is 5.78. The maximum atomic E-state index is 12.8. The monoisotopic (exact) mass is 404 g/mol. The third-order valence-electron chi connectivity index (χ3n) is 4.18. The molecule has 0 unspecified atom stereocenters. The van der Waals surface area contributed by atoms with Gasteiger partial charge in [0.1, 0.15) is 0 Å². The Balaban J connectivity index is 2.15. The summed E-state index contributed by atoms with van der Waals surface area (Å²) in [5, 5.41) is 1.06. The average Bonchev–Trinajstić information content (AvgIpc) is 2.97. The molecule has 0 aliphatic heterocycles. The number of anilines is 1. The summed E-state index contributed by atoms with van der Waals surface area (Å²) in [5.74, 6) is -0.143. The third kappa shape index (κ3) is 3.87. The first kappa shape index (κ1) is 19.5. The number of carbonyl (C=O) groups is 1. The Hall–Kier alpha value is -2.31. The molecule has 0 aliphatic carbocycles. The Morgan fingerprint density at radius 1 is 1.07 bits per heavy atom. The second kappa shape index (κ2) is 6.69. The Labute approximate surface area is 164 Å². The van der Waals surface area contributed by atoms with Crippen molar-refractivity contribution in [2.75, 3.05) is 4.72 Å². The molecule has 27 heavy (non-hydrogen) atoms. The van der Waals surface area contributed by atoms with Gasteiger partial charge >= 0.3 is 0 Å². The fourth-order valence-corrected chi connectivity index (χ4v) is 4.06. The van der Waals surface area contributed by atoms with Crippen molar-refractivity contribution in [2.45, 2.75) is 32.6 Å². The molecule has 0 saturated carbocycles. The molecule has 5 nitrogen and oxygen atoms in total. The van der Waals surface area contributed by atoms with E-state index in [1.807, 2.05) is 27.7 Å². The molecule has 1 N–H and O–H groups in total. The topological polar surface area (TPSA) is 68.2 Å². The number of hydrogen-bond acceptors (Lipinski definition) is 3. The summed E-state index contributed by atoms with van der Waals surface area (Å²) in [7, 11) is -3.83. The minimum atomic E-state index is -3.83. The van der Waals surface area contributed by atoms with Gasteiger partial charge in [-0.3, -0.25) is 14.1 Å². The van der Waals surface area contributed by atoms with Crippen LogP contribution in [0.3, 0.4) is 0 Å². The lowest BCUT2D eigenvalue weighted by atomic mass is 9.95. The largest absolute Gasteiger partial charge is 0.285 e. The van der Waals surface area contributed by atoms with Crippen molar-refractivity contribution >= 4 is 44.1 Å². The maximum Gasteiger partial charge on any atom is 0.261 e. The number of halogens is 1. The summed E-state index contributed by atoms with van der Waals surface area (Å²) in [5.41, 5.74) is 1.08. The van der Waals surface area contributed by atoms with Crippen molar-refractivity contribution in [3.63, 3.8) is 0 Å². The van der Waals surface area contributed by atoms with Gasteiger partial charge in [0, 0.05) is 22.0 Å². The zero-order valence-corrected chi connectivity index (χ0v) is 17.1. The quantitative estimate of drug-likeness (QED) is 0.661. The molecule has 0 fully saturated rings. The zero-order valence-electron chi connectivity index (χ0n) is 15.6. The van der Waals surface area contributed by atoms with E-state index in [0.29, 0.717) is 15.9 Å². The van der Waals surface area contributed by atoms with E-state index in [0.717, 1.165) is 5.56 Å². The first-order chi connectivity index (χ1) is 12.5. The summed E-state index contributed by atoms with van der Waals surface area (Å²) >= 11 is 6.17. The molecule has 0 saturated heterocycles. The van der Waals surface area contributed by atoms with E-state index in [4.69, 9.17) is 11.6 Å². The number of carbonyl (C=O) groups excluding carboxylic acids is 1. The minimum Gasteiger partial charge on any atom is -0.285 e. The van der Waals surface area contributed by atoms with E-state index in [1.54, 1.807) is 42.6 Å². The number of aryl methyl sites for hydroxylation is 1. The number of aromatic nitrogens is 1. The first-order valence-corrected chi connectivity index (χ1v) is 10.3. The molecule has 7 heteroatoms. The minimum absolute atomic E-state index is 0.140. The van der Waals surface area contributed by atoms with Crippen LogP contribution >= 0.6 is 11.6 Å². The SMILES string of the molecule is Cc1ccc(S(=O)(=O)Nc2cc(Cl)cc3ccn(C(=O)C(C)(C)C)c23)cc1. The summed E-state index contributed by atoms with van der Waals surface area (Å²) < 4.78 is 29.7. The van der Waals surface area contributed by atoms with Crippen molar-refractivity contribution < 1.29 is 13.2 Å². The molecule has 2 aromatic carbocycles. The highest BCUT2D eigenvalue weighted by Crippen LogP contribution is 2.32. The number of hydrogen-bond donors (Lipinski definition) is 1. The molecular weight excluding hydrogens is 384 g/mol. The molecule has 0 bridgehead atoms. The number of nitrogens with zero attached hydrogens (tertiary/aromatic N) is 1. The highest BCUT2D eigenvalue weighted by Gasteiger charge is 2.26. The second-order valence-electron chi connectivity index (χ2n) is 7.55. The van der Waals surface area contributed by atoms with Crippen LogP contribution in [0.15, 0.2) is 53.6 Å². The normalized spacial score (nSPS) is 12.3. The van der Waals surface area contributed by atoms with Crippen LogP contribution in [0.5, 0.6) is 0 Å². The summed E-state index contributed by atoms with van der Waals surface area (Å²) in [4.78, 5) is 12.9. The second-order valence-corrected chi connectivity index (χ2v) is 9.67. The Morgan fingerprint density at radius 3 is 2.30 bits per heavy atom. The van der Waals surface area contributed by atoms with Crippen LogP contribution in [0.1, 0.15) is 31.1 Å². The molecule has 3 aromatic rings. The van der Waals surface area contributed by atoms with Gasteiger partial charge in [0.25, 0.3) is 10.0 Å². The number of fused-ring (bicyclic) bond motifs is 1. The number of rotatable bonds is 3. The van der Waals surface area contributed by atoms with Crippen LogP contribution < -0.4 is 4.72 Å². The zero-order chi connectivity index (χ0) is 20.0. The summed E-state index contributed by atoms with van der Waals surface area (Å²) in [6.45, 7) is 7.32. The van der Waals surface area contributed by atoms with Crippen LogP contribution in [0.2, 0.25) is 5.02 Å². The number of nitrogens with one attached hydrogen (secondary N) is 1. The van der Waals surface area contributed by atoms with E-state index in [2.05, 4.69) is 4.72 Å². The molecule has 142 valence electrons. The molecule has 3 rings (SSSR count). The molecule has 0 aliphatic rings. The van der Waals surface area contributed by atoms with Crippen LogP contribution in [0, 0.1) is 12.3 Å². The Kier molecular flexibility index (Phi) is 4.82.